The molecular formula is C12H21N3O2. The van der Waals surface area contributed by atoms with E-state index >= 15 is 0 Å². The molecule has 0 aromatic carbocycles. The highest BCUT2D eigenvalue weighted by Gasteiger charge is 2.07. The maximum absolute atomic E-state index is 8.92. The van der Waals surface area contributed by atoms with Crippen LogP contribution in [0.2, 0.25) is 0 Å². The van der Waals surface area contributed by atoms with Gasteiger partial charge in [0.2, 0.25) is 5.88 Å². The van der Waals surface area contributed by atoms with Crippen LogP contribution in [0, 0.1) is 0 Å². The Hall–Kier alpha value is -1.36. The fourth-order valence-corrected chi connectivity index (χ4v) is 1.47. The van der Waals surface area contributed by atoms with E-state index in [0.29, 0.717) is 12.3 Å². The Morgan fingerprint density at radius 2 is 2.18 bits per heavy atom. The van der Waals surface area contributed by atoms with E-state index in [9.17, 15) is 0 Å². The summed E-state index contributed by atoms with van der Waals surface area (Å²) in [5, 5.41) is 12.2. The summed E-state index contributed by atoms with van der Waals surface area (Å²) in [4.78, 5) is 8.17. The number of hydrogen-bond donors (Lipinski definition) is 2. The Morgan fingerprint density at radius 1 is 1.41 bits per heavy atom. The lowest BCUT2D eigenvalue weighted by Crippen LogP contribution is -2.20. The highest BCUT2D eigenvalue weighted by molar-refractivity contribution is 5.38. The molecule has 0 amide bonds. The number of aliphatic hydroxyl groups is 1. The van der Waals surface area contributed by atoms with Gasteiger partial charge in [0.25, 0.3) is 0 Å². The van der Waals surface area contributed by atoms with Crippen molar-refractivity contribution in [3.05, 3.63) is 12.4 Å². The highest BCUT2D eigenvalue weighted by atomic mass is 16.5. The zero-order valence-corrected chi connectivity index (χ0v) is 10.7. The summed E-state index contributed by atoms with van der Waals surface area (Å²) in [7, 11) is 0. The minimum atomic E-state index is 0.0946. The van der Waals surface area contributed by atoms with Crippen molar-refractivity contribution >= 4 is 5.82 Å². The zero-order chi connectivity index (χ0) is 12.7. The van der Waals surface area contributed by atoms with Gasteiger partial charge < -0.3 is 15.2 Å². The van der Waals surface area contributed by atoms with E-state index in [0.717, 1.165) is 12.2 Å². The molecule has 17 heavy (non-hydrogen) atoms. The lowest BCUT2D eigenvalue weighted by atomic mass is 10.1. The summed E-state index contributed by atoms with van der Waals surface area (Å²) in [6.45, 7) is 6.15. The Labute approximate surface area is 102 Å². The first kappa shape index (κ1) is 13.7. The van der Waals surface area contributed by atoms with E-state index in [1.54, 1.807) is 6.07 Å². The minimum Gasteiger partial charge on any atom is -0.475 e. The van der Waals surface area contributed by atoms with Crippen molar-refractivity contribution in [1.82, 2.24) is 9.97 Å². The number of aliphatic hydroxyl groups excluding tert-OH is 1. The molecule has 0 radical (unpaired) electrons. The fourth-order valence-electron chi connectivity index (χ4n) is 1.47. The molecule has 0 spiro atoms. The predicted molar refractivity (Wildman–Crippen MR) is 67.2 cm³/mol. The number of nitrogens with zero attached hydrogens (tertiary/aromatic N) is 2. The van der Waals surface area contributed by atoms with Crippen molar-refractivity contribution < 1.29 is 9.84 Å². The molecule has 2 N–H and O–H groups in total. The van der Waals surface area contributed by atoms with Crippen LogP contribution >= 0.6 is 0 Å². The number of hydrogen-bond acceptors (Lipinski definition) is 5. The quantitative estimate of drug-likeness (QED) is 0.760. The normalized spacial score (nSPS) is 12.5. The molecule has 1 unspecified atom stereocenters. The van der Waals surface area contributed by atoms with Gasteiger partial charge in [0, 0.05) is 18.7 Å². The number of aromatic nitrogens is 2. The van der Waals surface area contributed by atoms with Gasteiger partial charge in [-0.3, -0.25) is 0 Å². The fraction of sp³-hybridized carbons (Fsp3) is 0.667. The Morgan fingerprint density at radius 3 is 2.76 bits per heavy atom. The van der Waals surface area contributed by atoms with Crippen molar-refractivity contribution in [1.29, 1.82) is 0 Å². The maximum atomic E-state index is 8.92. The number of anilines is 1. The van der Waals surface area contributed by atoms with E-state index in [-0.39, 0.29) is 18.8 Å². The molecule has 1 heterocycles. The molecule has 0 saturated carbocycles. The second-order valence-electron chi connectivity index (χ2n) is 4.17. The molecule has 0 aliphatic heterocycles. The van der Waals surface area contributed by atoms with Crippen LogP contribution in [0.5, 0.6) is 5.88 Å². The molecule has 0 aliphatic rings. The SMILES string of the molecule is CCC(CCO)Nc1cc(OC(C)C)ncn1. The van der Waals surface area contributed by atoms with Gasteiger partial charge in [-0.15, -0.1) is 0 Å². The molecule has 1 rings (SSSR count). The van der Waals surface area contributed by atoms with Gasteiger partial charge in [0.15, 0.2) is 0 Å². The van der Waals surface area contributed by atoms with Crippen molar-refractivity contribution in [3.63, 3.8) is 0 Å². The van der Waals surface area contributed by atoms with E-state index in [4.69, 9.17) is 9.84 Å². The van der Waals surface area contributed by atoms with Crippen LogP contribution in [0.3, 0.4) is 0 Å². The number of rotatable bonds is 7. The third-order valence-electron chi connectivity index (χ3n) is 2.32. The summed E-state index contributed by atoms with van der Waals surface area (Å²) >= 11 is 0. The Bertz CT molecular complexity index is 331. The van der Waals surface area contributed by atoms with Gasteiger partial charge in [-0.25, -0.2) is 9.97 Å². The van der Waals surface area contributed by atoms with Gasteiger partial charge in [-0.1, -0.05) is 6.92 Å². The van der Waals surface area contributed by atoms with Crippen LogP contribution in [0.4, 0.5) is 5.82 Å². The van der Waals surface area contributed by atoms with Crippen molar-refractivity contribution in [2.24, 2.45) is 0 Å². The van der Waals surface area contributed by atoms with Gasteiger partial charge >= 0.3 is 0 Å². The van der Waals surface area contributed by atoms with Gasteiger partial charge in [-0.2, -0.15) is 0 Å². The van der Waals surface area contributed by atoms with Crippen LogP contribution in [-0.4, -0.2) is 33.8 Å². The number of nitrogens with one attached hydrogen (secondary N) is 1. The first-order chi connectivity index (χ1) is 8.15. The summed E-state index contributed by atoms with van der Waals surface area (Å²) in [6, 6.07) is 2.00. The third kappa shape index (κ3) is 4.99. The predicted octanol–water partition coefficient (Wildman–Crippen LogP) is 1.84. The minimum absolute atomic E-state index is 0.0946. The van der Waals surface area contributed by atoms with Crippen LogP contribution in [0.1, 0.15) is 33.6 Å². The Balaban J connectivity index is 2.63. The zero-order valence-electron chi connectivity index (χ0n) is 10.7. The molecule has 0 bridgehead atoms. The van der Waals surface area contributed by atoms with Gasteiger partial charge in [-0.05, 0) is 26.7 Å². The highest BCUT2D eigenvalue weighted by Crippen LogP contribution is 2.14. The second kappa shape index (κ2) is 7.06. The van der Waals surface area contributed by atoms with Crippen LogP contribution in [-0.2, 0) is 0 Å². The molecule has 0 aliphatic carbocycles. The second-order valence-corrected chi connectivity index (χ2v) is 4.17. The third-order valence-corrected chi connectivity index (χ3v) is 2.32. The lowest BCUT2D eigenvalue weighted by molar-refractivity contribution is 0.232. The first-order valence-corrected chi connectivity index (χ1v) is 6.01. The maximum Gasteiger partial charge on any atom is 0.218 e. The Kier molecular flexibility index (Phi) is 5.69. The van der Waals surface area contributed by atoms with Gasteiger partial charge in [0.1, 0.15) is 12.1 Å². The molecule has 5 heteroatoms. The molecule has 5 nitrogen and oxygen atoms in total. The van der Waals surface area contributed by atoms with Crippen molar-refractivity contribution in [3.8, 4) is 5.88 Å². The van der Waals surface area contributed by atoms with Crippen LogP contribution in [0.15, 0.2) is 12.4 Å². The van der Waals surface area contributed by atoms with E-state index < -0.39 is 0 Å². The van der Waals surface area contributed by atoms with Crippen molar-refractivity contribution in [2.75, 3.05) is 11.9 Å². The topological polar surface area (TPSA) is 67.3 Å². The van der Waals surface area contributed by atoms with Crippen molar-refractivity contribution in [2.45, 2.75) is 45.8 Å². The van der Waals surface area contributed by atoms with Crippen LogP contribution < -0.4 is 10.1 Å². The standard InChI is InChI=1S/C12H21N3O2/c1-4-10(5-6-16)15-11-7-12(14-8-13-11)17-9(2)3/h7-10,16H,4-6H2,1-3H3,(H,13,14,15). The van der Waals surface area contributed by atoms with Crippen LogP contribution in [0.25, 0.3) is 0 Å². The molecule has 1 atom stereocenters. The molecule has 0 fully saturated rings. The summed E-state index contributed by atoms with van der Waals surface area (Å²) in [5.74, 6) is 1.30. The molecule has 0 saturated heterocycles. The molecular weight excluding hydrogens is 218 g/mol. The van der Waals surface area contributed by atoms with E-state index in [2.05, 4.69) is 22.2 Å². The average Bonchev–Trinajstić information content (AvgIpc) is 2.28. The van der Waals surface area contributed by atoms with E-state index in [1.165, 1.54) is 6.33 Å². The van der Waals surface area contributed by atoms with Gasteiger partial charge in [0.05, 0.1) is 6.10 Å². The summed E-state index contributed by atoms with van der Waals surface area (Å²) < 4.78 is 5.49. The lowest BCUT2D eigenvalue weighted by Gasteiger charge is -2.16. The number of ether oxygens (including phenoxy) is 1. The summed E-state index contributed by atoms with van der Waals surface area (Å²) in [6.07, 6.45) is 3.22. The smallest absolute Gasteiger partial charge is 0.218 e. The van der Waals surface area contributed by atoms with E-state index in [1.807, 2.05) is 13.8 Å². The average molecular weight is 239 g/mol. The molecule has 96 valence electrons. The molecule has 1 aromatic heterocycles. The largest absolute Gasteiger partial charge is 0.475 e. The first-order valence-electron chi connectivity index (χ1n) is 6.01. The summed E-state index contributed by atoms with van der Waals surface area (Å²) in [5.41, 5.74) is 0. The molecule has 1 aromatic rings. The monoisotopic (exact) mass is 239 g/mol.